The highest BCUT2D eigenvalue weighted by Gasteiger charge is 2.44. The molecule has 212 valence electrons. The molecule has 0 saturated carbocycles. The van der Waals surface area contributed by atoms with E-state index in [1.165, 1.54) is 23.5 Å². The lowest BCUT2D eigenvalue weighted by Crippen LogP contribution is -2.47. The van der Waals surface area contributed by atoms with Crippen LogP contribution in [0.3, 0.4) is 0 Å². The van der Waals surface area contributed by atoms with Gasteiger partial charge in [-0.3, -0.25) is 0 Å². The number of fused-ring (bicyclic) bond motifs is 1. The van der Waals surface area contributed by atoms with Crippen LogP contribution in [0.25, 0.3) is 11.0 Å². The molecule has 0 unspecified atom stereocenters. The van der Waals surface area contributed by atoms with Gasteiger partial charge in [-0.1, -0.05) is 6.07 Å². The lowest BCUT2D eigenvalue weighted by atomic mass is 9.88. The fraction of sp³-hybridized carbons (Fsp3) is 0.480. The molecule has 1 spiro atoms. The van der Waals surface area contributed by atoms with E-state index in [-0.39, 0.29) is 29.0 Å². The summed E-state index contributed by atoms with van der Waals surface area (Å²) in [5.41, 5.74) is 1.01. The summed E-state index contributed by atoms with van der Waals surface area (Å²) in [7, 11) is -5.88. The van der Waals surface area contributed by atoms with Crippen molar-refractivity contribution in [3.05, 3.63) is 48.8 Å². The van der Waals surface area contributed by atoms with Crippen molar-refractivity contribution in [1.82, 2.24) is 24.3 Å². The van der Waals surface area contributed by atoms with E-state index in [2.05, 4.69) is 20.0 Å². The zero-order valence-electron chi connectivity index (χ0n) is 21.5. The number of aliphatic hydroxyl groups is 1. The Hall–Kier alpha value is -2.59. The van der Waals surface area contributed by atoms with Gasteiger partial charge in [-0.05, 0) is 56.6 Å². The first-order valence-electron chi connectivity index (χ1n) is 12.8. The molecule has 2 saturated heterocycles. The minimum Gasteiger partial charge on any atom is -0.491 e. The van der Waals surface area contributed by atoms with Crippen molar-refractivity contribution in [2.75, 3.05) is 39.9 Å². The number of ether oxygens (including phenoxy) is 2. The Morgan fingerprint density at radius 2 is 1.97 bits per heavy atom. The van der Waals surface area contributed by atoms with Crippen molar-refractivity contribution in [2.45, 2.75) is 46.8 Å². The Morgan fingerprint density at radius 1 is 1.18 bits per heavy atom. The van der Waals surface area contributed by atoms with E-state index in [1.54, 1.807) is 36.7 Å². The van der Waals surface area contributed by atoms with Gasteiger partial charge in [0.2, 0.25) is 20.0 Å². The van der Waals surface area contributed by atoms with Gasteiger partial charge in [-0.2, -0.15) is 4.31 Å². The largest absolute Gasteiger partial charge is 0.491 e. The maximum absolute atomic E-state index is 13.2. The summed E-state index contributed by atoms with van der Waals surface area (Å²) in [4.78, 5) is 7.45. The number of H-pyrrole nitrogens is 1. The minimum absolute atomic E-state index is 0.00827. The third kappa shape index (κ3) is 6.11. The van der Waals surface area contributed by atoms with Crippen LogP contribution in [0.15, 0.2) is 58.6 Å². The highest BCUT2D eigenvalue weighted by Crippen LogP contribution is 2.37. The zero-order chi connectivity index (χ0) is 27.7. The molecule has 4 N–H and O–H groups in total. The van der Waals surface area contributed by atoms with Crippen molar-refractivity contribution in [3.63, 3.8) is 0 Å². The number of sulfonamides is 2. The Kier molecular flexibility index (Phi) is 7.97. The van der Waals surface area contributed by atoms with Crippen LogP contribution >= 0.6 is 0 Å². The predicted octanol–water partition coefficient (Wildman–Crippen LogP) is 0.813. The van der Waals surface area contributed by atoms with Crippen molar-refractivity contribution in [2.24, 2.45) is 0 Å². The first-order valence-corrected chi connectivity index (χ1v) is 15.7. The number of hydrogen-bond acceptors (Lipinski definition) is 9. The van der Waals surface area contributed by atoms with Crippen molar-refractivity contribution >= 4 is 31.1 Å². The van der Waals surface area contributed by atoms with Crippen molar-refractivity contribution < 1.29 is 31.4 Å². The van der Waals surface area contributed by atoms with E-state index in [0.717, 1.165) is 11.9 Å². The van der Waals surface area contributed by atoms with E-state index in [0.29, 0.717) is 43.8 Å². The monoisotopic (exact) mass is 579 g/mol. The average molecular weight is 580 g/mol. The second kappa shape index (κ2) is 11.1. The van der Waals surface area contributed by atoms with Crippen LogP contribution in [0, 0.1) is 0 Å². The van der Waals surface area contributed by atoms with Gasteiger partial charge in [-0.15, -0.1) is 0 Å². The minimum atomic E-state index is -3.63. The van der Waals surface area contributed by atoms with E-state index in [1.807, 2.05) is 0 Å². The van der Waals surface area contributed by atoms with E-state index >= 15 is 0 Å². The standard InChI is InChI=1S/C25H33N5O7S2/c1-26-38(32,33)21-4-2-3-20(11-21)36-16-19(31)14-27-18-13-25(37-15-18)7-9-30(10-8-25)39(34,35)22-5-6-23-24(12-22)29-17-28-23/h2-6,11-12,17-19,26-27,31H,7-10,13-16H2,1H3,(H,28,29)/t18-,19+/m1/s1. The molecule has 0 amide bonds. The predicted molar refractivity (Wildman–Crippen MR) is 143 cm³/mol. The van der Waals surface area contributed by atoms with E-state index in [4.69, 9.17) is 9.47 Å². The van der Waals surface area contributed by atoms with E-state index < -0.39 is 31.8 Å². The molecule has 5 rings (SSSR count). The fourth-order valence-electron chi connectivity index (χ4n) is 5.08. The fourth-order valence-corrected chi connectivity index (χ4v) is 7.31. The lowest BCUT2D eigenvalue weighted by molar-refractivity contribution is -0.0312. The molecule has 0 bridgehead atoms. The number of aliphatic hydroxyl groups excluding tert-OH is 1. The Morgan fingerprint density at radius 3 is 2.74 bits per heavy atom. The van der Waals surface area contributed by atoms with Crippen LogP contribution in [0.1, 0.15) is 19.3 Å². The van der Waals surface area contributed by atoms with E-state index in [9.17, 15) is 21.9 Å². The van der Waals surface area contributed by atoms with Gasteiger partial charge in [0.15, 0.2) is 0 Å². The Balaban J connectivity index is 1.08. The molecule has 3 aromatic rings. The van der Waals surface area contributed by atoms with Gasteiger partial charge in [-0.25, -0.2) is 26.5 Å². The first kappa shape index (κ1) is 28.0. The van der Waals surface area contributed by atoms with Crippen LogP contribution < -0.4 is 14.8 Å². The SMILES string of the molecule is CNS(=O)(=O)c1cccc(OC[C@@H](O)CN[C@H]2COC3(CCN(S(=O)(=O)c4ccc5[nH]cnc5c4)CC3)C2)c1. The molecular formula is C25H33N5O7S2. The van der Waals surface area contributed by atoms with Crippen molar-refractivity contribution in [1.29, 1.82) is 0 Å². The van der Waals surface area contributed by atoms with Crippen molar-refractivity contribution in [3.8, 4) is 5.75 Å². The molecule has 2 atom stereocenters. The second-order valence-corrected chi connectivity index (χ2v) is 13.8. The number of nitrogens with one attached hydrogen (secondary N) is 3. The molecular weight excluding hydrogens is 546 g/mol. The maximum atomic E-state index is 13.2. The summed E-state index contributed by atoms with van der Waals surface area (Å²) in [5, 5.41) is 13.7. The molecule has 1 aromatic heterocycles. The van der Waals surface area contributed by atoms with Gasteiger partial charge in [0.05, 0.1) is 39.4 Å². The molecule has 0 radical (unpaired) electrons. The molecule has 2 aromatic carbocycles. The van der Waals surface area contributed by atoms with Crippen LogP contribution in [0.4, 0.5) is 0 Å². The maximum Gasteiger partial charge on any atom is 0.243 e. The van der Waals surface area contributed by atoms with Crippen LogP contribution in [0.2, 0.25) is 0 Å². The number of nitrogens with zero attached hydrogens (tertiary/aromatic N) is 2. The van der Waals surface area contributed by atoms with Gasteiger partial charge in [0.1, 0.15) is 18.5 Å². The second-order valence-electron chi connectivity index (χ2n) is 9.94. The third-order valence-electron chi connectivity index (χ3n) is 7.34. The normalized spacial score (nSPS) is 20.9. The first-order chi connectivity index (χ1) is 18.6. The summed E-state index contributed by atoms with van der Waals surface area (Å²) >= 11 is 0. The Bertz CT molecular complexity index is 1520. The molecule has 2 fully saturated rings. The summed E-state index contributed by atoms with van der Waals surface area (Å²) in [6.45, 7) is 1.47. The van der Waals surface area contributed by atoms with Crippen LogP contribution in [-0.4, -0.2) is 93.9 Å². The number of imidazole rings is 1. The smallest absolute Gasteiger partial charge is 0.243 e. The third-order valence-corrected chi connectivity index (χ3v) is 10.6. The number of benzene rings is 2. The topological polar surface area (TPSA) is 163 Å². The van der Waals surface area contributed by atoms with Gasteiger partial charge in [0, 0.05) is 31.7 Å². The Labute approximate surface area is 227 Å². The molecule has 0 aliphatic carbocycles. The lowest BCUT2D eigenvalue weighted by Gasteiger charge is -2.38. The summed E-state index contributed by atoms with van der Waals surface area (Å²) in [5.74, 6) is 0.347. The van der Waals surface area contributed by atoms with Gasteiger partial charge < -0.3 is 24.9 Å². The molecule has 12 nitrogen and oxygen atoms in total. The number of aromatic amines is 1. The molecule has 2 aliphatic heterocycles. The highest BCUT2D eigenvalue weighted by atomic mass is 32.2. The number of hydrogen-bond donors (Lipinski definition) is 4. The molecule has 14 heteroatoms. The quantitative estimate of drug-likeness (QED) is 0.272. The summed E-state index contributed by atoms with van der Waals surface area (Å²) in [6, 6.07) is 11.0. The number of aromatic nitrogens is 2. The van der Waals surface area contributed by atoms with Gasteiger partial charge in [0.25, 0.3) is 0 Å². The van der Waals surface area contributed by atoms with Gasteiger partial charge >= 0.3 is 0 Å². The summed E-state index contributed by atoms with van der Waals surface area (Å²) < 4.78 is 65.8. The number of rotatable bonds is 10. The molecule has 2 aliphatic rings. The molecule has 3 heterocycles. The summed E-state index contributed by atoms with van der Waals surface area (Å²) in [6.07, 6.45) is 2.62. The average Bonchev–Trinajstić information content (AvgIpc) is 3.58. The highest BCUT2D eigenvalue weighted by molar-refractivity contribution is 7.89. The van der Waals surface area contributed by atoms with Crippen LogP contribution in [-0.2, 0) is 24.8 Å². The molecule has 39 heavy (non-hydrogen) atoms. The van der Waals surface area contributed by atoms with Crippen LogP contribution in [0.5, 0.6) is 5.75 Å². The number of piperidine rings is 1. The zero-order valence-corrected chi connectivity index (χ0v) is 23.2.